The second-order valence-electron chi connectivity index (χ2n) is 4.21. The molecule has 3 nitrogen and oxygen atoms in total. The number of benzene rings is 2. The van der Waals surface area contributed by atoms with Crippen molar-refractivity contribution in [2.24, 2.45) is 0 Å². The first kappa shape index (κ1) is 13.1. The lowest BCUT2D eigenvalue weighted by molar-refractivity contribution is 0.102. The minimum Gasteiger partial charge on any atom is -0.387 e. The number of nitrogens with one attached hydrogen (secondary N) is 2. The molecule has 0 aliphatic carbocycles. The van der Waals surface area contributed by atoms with Gasteiger partial charge in [-0.2, -0.15) is 0 Å². The van der Waals surface area contributed by atoms with Crippen molar-refractivity contribution in [2.45, 2.75) is 6.92 Å². The standard InChI is InChI=1S/C15H15FN2O/c1-10-7-8-11(9-13(10)16)18-15(19)12-5-3-4-6-14(12)17-2/h3-9,17H,1-2H3,(H,18,19). The summed E-state index contributed by atoms with van der Waals surface area (Å²) >= 11 is 0. The lowest BCUT2D eigenvalue weighted by atomic mass is 10.1. The highest BCUT2D eigenvalue weighted by Gasteiger charge is 2.10. The van der Waals surface area contributed by atoms with Crippen molar-refractivity contribution < 1.29 is 9.18 Å². The molecule has 0 bridgehead atoms. The number of carbonyl (C=O) groups is 1. The molecule has 98 valence electrons. The summed E-state index contributed by atoms with van der Waals surface area (Å²) in [6, 6.07) is 11.8. The Bertz CT molecular complexity index is 611. The Hall–Kier alpha value is -2.36. The van der Waals surface area contributed by atoms with Gasteiger partial charge in [-0.15, -0.1) is 0 Å². The van der Waals surface area contributed by atoms with E-state index in [4.69, 9.17) is 0 Å². The number of halogens is 1. The normalized spacial score (nSPS) is 10.1. The molecule has 0 atom stereocenters. The van der Waals surface area contributed by atoms with Crippen molar-refractivity contribution >= 4 is 17.3 Å². The van der Waals surface area contributed by atoms with Crippen LogP contribution in [0.1, 0.15) is 15.9 Å². The Balaban J connectivity index is 2.23. The average Bonchev–Trinajstić information content (AvgIpc) is 2.43. The fourth-order valence-corrected chi connectivity index (χ4v) is 1.77. The summed E-state index contributed by atoms with van der Waals surface area (Å²) in [6.45, 7) is 1.68. The minimum absolute atomic E-state index is 0.270. The number of anilines is 2. The largest absolute Gasteiger partial charge is 0.387 e. The van der Waals surface area contributed by atoms with E-state index in [2.05, 4.69) is 10.6 Å². The molecule has 0 aliphatic rings. The molecule has 2 N–H and O–H groups in total. The lowest BCUT2D eigenvalue weighted by Crippen LogP contribution is -2.14. The zero-order valence-electron chi connectivity index (χ0n) is 10.8. The number of amides is 1. The van der Waals surface area contributed by atoms with Gasteiger partial charge in [0.2, 0.25) is 0 Å². The van der Waals surface area contributed by atoms with Gasteiger partial charge in [0.15, 0.2) is 0 Å². The van der Waals surface area contributed by atoms with Gasteiger partial charge in [0, 0.05) is 18.4 Å². The third-order valence-corrected chi connectivity index (χ3v) is 2.87. The Morgan fingerprint density at radius 1 is 1.16 bits per heavy atom. The molecule has 1 amide bonds. The van der Waals surface area contributed by atoms with Gasteiger partial charge in [0.25, 0.3) is 5.91 Å². The van der Waals surface area contributed by atoms with E-state index in [9.17, 15) is 9.18 Å². The molecular weight excluding hydrogens is 243 g/mol. The van der Waals surface area contributed by atoms with Crippen LogP contribution in [-0.2, 0) is 0 Å². The highest BCUT2D eigenvalue weighted by molar-refractivity contribution is 6.08. The number of para-hydroxylation sites is 1. The molecule has 0 aromatic heterocycles. The second kappa shape index (κ2) is 5.52. The zero-order valence-corrected chi connectivity index (χ0v) is 10.8. The van der Waals surface area contributed by atoms with Gasteiger partial charge in [-0.05, 0) is 36.8 Å². The highest BCUT2D eigenvalue weighted by Crippen LogP contribution is 2.18. The molecule has 2 aromatic rings. The van der Waals surface area contributed by atoms with Crippen LogP contribution in [0.4, 0.5) is 15.8 Å². The molecule has 19 heavy (non-hydrogen) atoms. The van der Waals surface area contributed by atoms with Gasteiger partial charge < -0.3 is 10.6 Å². The van der Waals surface area contributed by atoms with E-state index in [0.29, 0.717) is 16.8 Å². The average molecular weight is 258 g/mol. The van der Waals surface area contributed by atoms with E-state index in [1.807, 2.05) is 12.1 Å². The summed E-state index contributed by atoms with van der Waals surface area (Å²) in [5, 5.41) is 5.63. The van der Waals surface area contributed by atoms with Crippen LogP contribution >= 0.6 is 0 Å². The molecule has 2 aromatic carbocycles. The van der Waals surface area contributed by atoms with Crippen LogP contribution in [0.15, 0.2) is 42.5 Å². The third-order valence-electron chi connectivity index (χ3n) is 2.87. The Morgan fingerprint density at radius 3 is 2.58 bits per heavy atom. The number of rotatable bonds is 3. The summed E-state index contributed by atoms with van der Waals surface area (Å²) in [6.07, 6.45) is 0. The van der Waals surface area contributed by atoms with Gasteiger partial charge in [0.1, 0.15) is 5.82 Å². The molecule has 0 radical (unpaired) electrons. The first-order valence-electron chi connectivity index (χ1n) is 5.96. The van der Waals surface area contributed by atoms with Crippen LogP contribution in [0.3, 0.4) is 0 Å². The van der Waals surface area contributed by atoms with Crippen molar-refractivity contribution in [2.75, 3.05) is 17.7 Å². The highest BCUT2D eigenvalue weighted by atomic mass is 19.1. The maximum atomic E-state index is 13.4. The van der Waals surface area contributed by atoms with Crippen LogP contribution in [-0.4, -0.2) is 13.0 Å². The van der Waals surface area contributed by atoms with Gasteiger partial charge in [-0.25, -0.2) is 4.39 Å². The third kappa shape index (κ3) is 2.91. The minimum atomic E-state index is -0.334. The molecule has 0 heterocycles. The van der Waals surface area contributed by atoms with Crippen molar-refractivity contribution in [3.8, 4) is 0 Å². The van der Waals surface area contributed by atoms with Crippen LogP contribution in [0.2, 0.25) is 0 Å². The maximum Gasteiger partial charge on any atom is 0.257 e. The predicted molar refractivity (Wildman–Crippen MR) is 75.1 cm³/mol. The van der Waals surface area contributed by atoms with E-state index in [1.165, 1.54) is 6.07 Å². The van der Waals surface area contributed by atoms with Gasteiger partial charge in [0.05, 0.1) is 5.56 Å². The summed E-state index contributed by atoms with van der Waals surface area (Å²) < 4.78 is 13.4. The van der Waals surface area contributed by atoms with Gasteiger partial charge in [-0.1, -0.05) is 18.2 Å². The molecule has 0 saturated heterocycles. The first-order valence-corrected chi connectivity index (χ1v) is 5.96. The quantitative estimate of drug-likeness (QED) is 0.885. The van der Waals surface area contributed by atoms with Gasteiger partial charge >= 0.3 is 0 Å². The van der Waals surface area contributed by atoms with Gasteiger partial charge in [-0.3, -0.25) is 4.79 Å². The molecule has 4 heteroatoms. The molecule has 2 rings (SSSR count). The molecule has 0 unspecified atom stereocenters. The predicted octanol–water partition coefficient (Wildman–Crippen LogP) is 3.43. The van der Waals surface area contributed by atoms with Crippen LogP contribution in [0.5, 0.6) is 0 Å². The first-order chi connectivity index (χ1) is 9.11. The SMILES string of the molecule is CNc1ccccc1C(=O)Nc1ccc(C)c(F)c1. The zero-order chi connectivity index (χ0) is 13.8. The van der Waals surface area contributed by atoms with Crippen molar-refractivity contribution in [1.82, 2.24) is 0 Å². The van der Waals surface area contributed by atoms with E-state index in [-0.39, 0.29) is 11.7 Å². The Kier molecular flexibility index (Phi) is 3.80. The fourth-order valence-electron chi connectivity index (χ4n) is 1.77. The Morgan fingerprint density at radius 2 is 1.89 bits per heavy atom. The fraction of sp³-hybridized carbons (Fsp3) is 0.133. The maximum absolute atomic E-state index is 13.4. The van der Waals surface area contributed by atoms with E-state index in [1.54, 1.807) is 38.2 Å². The number of carbonyl (C=O) groups excluding carboxylic acids is 1. The monoisotopic (exact) mass is 258 g/mol. The van der Waals surface area contributed by atoms with E-state index >= 15 is 0 Å². The van der Waals surface area contributed by atoms with Crippen LogP contribution in [0.25, 0.3) is 0 Å². The van der Waals surface area contributed by atoms with Crippen molar-refractivity contribution in [3.63, 3.8) is 0 Å². The lowest BCUT2D eigenvalue weighted by Gasteiger charge is -2.10. The number of hydrogen-bond donors (Lipinski definition) is 2. The van der Waals surface area contributed by atoms with Crippen LogP contribution in [0, 0.1) is 12.7 Å². The van der Waals surface area contributed by atoms with Crippen LogP contribution < -0.4 is 10.6 Å². The van der Waals surface area contributed by atoms with Crippen molar-refractivity contribution in [1.29, 1.82) is 0 Å². The smallest absolute Gasteiger partial charge is 0.257 e. The second-order valence-corrected chi connectivity index (χ2v) is 4.21. The van der Waals surface area contributed by atoms with E-state index in [0.717, 1.165) is 5.69 Å². The topological polar surface area (TPSA) is 41.1 Å². The Labute approximate surface area is 111 Å². The summed E-state index contributed by atoms with van der Waals surface area (Å²) in [5.41, 5.74) is 2.24. The summed E-state index contributed by atoms with van der Waals surface area (Å²) in [4.78, 5) is 12.1. The molecule has 0 fully saturated rings. The number of hydrogen-bond acceptors (Lipinski definition) is 2. The molecule has 0 spiro atoms. The summed E-state index contributed by atoms with van der Waals surface area (Å²) in [5.74, 6) is -0.604. The van der Waals surface area contributed by atoms with E-state index < -0.39 is 0 Å². The number of aryl methyl sites for hydroxylation is 1. The van der Waals surface area contributed by atoms with Crippen molar-refractivity contribution in [3.05, 3.63) is 59.4 Å². The molecule has 0 saturated carbocycles. The summed E-state index contributed by atoms with van der Waals surface area (Å²) in [7, 11) is 1.75. The molecular formula is C15H15FN2O. The molecule has 0 aliphatic heterocycles.